The Morgan fingerprint density at radius 2 is 1.41 bits per heavy atom. The summed E-state index contributed by atoms with van der Waals surface area (Å²) in [6.07, 6.45) is 0. The van der Waals surface area contributed by atoms with Crippen LogP contribution >= 0.6 is 0 Å². The van der Waals surface area contributed by atoms with E-state index < -0.39 is 0 Å². The topological polar surface area (TPSA) is 51.8 Å². The van der Waals surface area contributed by atoms with Gasteiger partial charge in [0.25, 0.3) is 0 Å². The summed E-state index contributed by atoms with van der Waals surface area (Å²) in [5.41, 5.74) is 12.4. The van der Waals surface area contributed by atoms with E-state index in [0.717, 1.165) is 16.8 Å². The number of aryl methyl sites for hydroxylation is 4. The van der Waals surface area contributed by atoms with Gasteiger partial charge in [0.2, 0.25) is 0 Å². The van der Waals surface area contributed by atoms with Gasteiger partial charge >= 0.3 is 0 Å². The number of aromatic nitrogens is 2. The van der Waals surface area contributed by atoms with Crippen molar-refractivity contribution in [3.63, 3.8) is 0 Å². The zero-order valence-corrected chi connectivity index (χ0v) is 10.7. The van der Waals surface area contributed by atoms with E-state index in [1.807, 2.05) is 13.0 Å². The Bertz CT molecular complexity index is 551. The van der Waals surface area contributed by atoms with Crippen molar-refractivity contribution in [2.45, 2.75) is 27.7 Å². The number of anilines is 1. The van der Waals surface area contributed by atoms with Crippen LogP contribution < -0.4 is 5.73 Å². The Labute approximate surface area is 102 Å². The third kappa shape index (κ3) is 2.13. The Morgan fingerprint density at radius 3 is 1.94 bits per heavy atom. The molecule has 0 bridgehead atoms. The highest BCUT2D eigenvalue weighted by Gasteiger charge is 2.09. The lowest BCUT2D eigenvalue weighted by atomic mass is 9.97. The molecule has 2 N–H and O–H groups in total. The summed E-state index contributed by atoms with van der Waals surface area (Å²) in [5, 5.41) is 8.17. The van der Waals surface area contributed by atoms with Crippen LogP contribution in [0.1, 0.15) is 22.3 Å². The van der Waals surface area contributed by atoms with Crippen LogP contribution in [-0.4, -0.2) is 10.2 Å². The minimum Gasteiger partial charge on any atom is -0.382 e. The molecule has 0 aliphatic carbocycles. The molecular weight excluding hydrogens is 210 g/mol. The standard InChI is InChI=1S/C14H17N3/c1-8-5-9(2)13(10(3)6-8)12-7-11(4)14(15)17-16-12/h5-7H,1-4H3,(H2,15,17). The largest absolute Gasteiger partial charge is 0.382 e. The molecule has 0 saturated heterocycles. The van der Waals surface area contributed by atoms with Gasteiger partial charge in [0.15, 0.2) is 0 Å². The smallest absolute Gasteiger partial charge is 0.149 e. The Kier molecular flexibility index (Phi) is 2.84. The van der Waals surface area contributed by atoms with Gasteiger partial charge in [-0.1, -0.05) is 17.7 Å². The molecule has 2 rings (SSSR count). The summed E-state index contributed by atoms with van der Waals surface area (Å²) in [7, 11) is 0. The molecule has 0 unspecified atom stereocenters. The molecule has 0 amide bonds. The first-order valence-corrected chi connectivity index (χ1v) is 5.67. The number of nitrogens with zero attached hydrogens (tertiary/aromatic N) is 2. The monoisotopic (exact) mass is 227 g/mol. The minimum absolute atomic E-state index is 0.496. The van der Waals surface area contributed by atoms with Crippen LogP contribution in [0.5, 0.6) is 0 Å². The van der Waals surface area contributed by atoms with Gasteiger partial charge < -0.3 is 5.73 Å². The first-order valence-electron chi connectivity index (χ1n) is 5.67. The van der Waals surface area contributed by atoms with Gasteiger partial charge in [-0.2, -0.15) is 0 Å². The van der Waals surface area contributed by atoms with Crippen molar-refractivity contribution in [1.29, 1.82) is 0 Å². The van der Waals surface area contributed by atoms with Crippen molar-refractivity contribution < 1.29 is 0 Å². The van der Waals surface area contributed by atoms with Crippen LogP contribution in [0.4, 0.5) is 5.82 Å². The van der Waals surface area contributed by atoms with Crippen molar-refractivity contribution in [2.24, 2.45) is 0 Å². The number of nitrogens with two attached hydrogens (primary N) is 1. The van der Waals surface area contributed by atoms with Crippen LogP contribution in [0.2, 0.25) is 0 Å². The summed E-state index contributed by atoms with van der Waals surface area (Å²) in [6, 6.07) is 6.32. The SMILES string of the molecule is Cc1cc(C)c(-c2cc(C)c(N)nn2)c(C)c1. The number of hydrogen-bond acceptors (Lipinski definition) is 3. The zero-order chi connectivity index (χ0) is 12.6. The first kappa shape index (κ1) is 11.6. The number of rotatable bonds is 1. The lowest BCUT2D eigenvalue weighted by Crippen LogP contribution is -2.00. The Morgan fingerprint density at radius 1 is 0.824 bits per heavy atom. The molecule has 0 saturated carbocycles. The van der Waals surface area contributed by atoms with E-state index in [9.17, 15) is 0 Å². The van der Waals surface area contributed by atoms with E-state index in [1.165, 1.54) is 16.7 Å². The van der Waals surface area contributed by atoms with Crippen molar-refractivity contribution in [2.75, 3.05) is 5.73 Å². The van der Waals surface area contributed by atoms with Crippen LogP contribution in [0, 0.1) is 27.7 Å². The first-order chi connectivity index (χ1) is 7.99. The van der Waals surface area contributed by atoms with Gasteiger partial charge in [-0.25, -0.2) is 0 Å². The summed E-state index contributed by atoms with van der Waals surface area (Å²) < 4.78 is 0. The molecule has 3 heteroatoms. The molecule has 2 aromatic rings. The maximum atomic E-state index is 5.69. The third-order valence-corrected chi connectivity index (χ3v) is 2.96. The molecule has 0 fully saturated rings. The summed E-state index contributed by atoms with van der Waals surface area (Å²) in [5.74, 6) is 0.496. The van der Waals surface area contributed by atoms with E-state index in [0.29, 0.717) is 5.82 Å². The van der Waals surface area contributed by atoms with E-state index in [4.69, 9.17) is 5.73 Å². The third-order valence-electron chi connectivity index (χ3n) is 2.96. The summed E-state index contributed by atoms with van der Waals surface area (Å²) in [6.45, 7) is 8.25. The second-order valence-corrected chi connectivity index (χ2v) is 4.57. The van der Waals surface area contributed by atoms with Crippen molar-refractivity contribution >= 4 is 5.82 Å². The highest BCUT2D eigenvalue weighted by atomic mass is 15.1. The zero-order valence-electron chi connectivity index (χ0n) is 10.7. The molecule has 1 aromatic heterocycles. The predicted octanol–water partition coefficient (Wildman–Crippen LogP) is 2.96. The van der Waals surface area contributed by atoms with Crippen LogP contribution in [0.15, 0.2) is 18.2 Å². The second-order valence-electron chi connectivity index (χ2n) is 4.57. The average molecular weight is 227 g/mol. The molecular formula is C14H17N3. The molecule has 0 spiro atoms. The van der Waals surface area contributed by atoms with Gasteiger partial charge in [-0.15, -0.1) is 10.2 Å². The van der Waals surface area contributed by atoms with Gasteiger partial charge in [0.05, 0.1) is 5.69 Å². The highest BCUT2D eigenvalue weighted by molar-refractivity contribution is 5.69. The molecule has 88 valence electrons. The lowest BCUT2D eigenvalue weighted by molar-refractivity contribution is 1.03. The van der Waals surface area contributed by atoms with Crippen molar-refractivity contribution in [3.8, 4) is 11.3 Å². The molecule has 0 radical (unpaired) electrons. The van der Waals surface area contributed by atoms with Crippen LogP contribution in [-0.2, 0) is 0 Å². The van der Waals surface area contributed by atoms with E-state index in [-0.39, 0.29) is 0 Å². The van der Waals surface area contributed by atoms with Gasteiger partial charge in [0.1, 0.15) is 5.82 Å². The summed E-state index contributed by atoms with van der Waals surface area (Å²) >= 11 is 0. The second kappa shape index (κ2) is 4.17. The fraction of sp³-hybridized carbons (Fsp3) is 0.286. The van der Waals surface area contributed by atoms with E-state index in [1.54, 1.807) is 0 Å². The van der Waals surface area contributed by atoms with Crippen LogP contribution in [0.3, 0.4) is 0 Å². The number of nitrogen functional groups attached to an aromatic ring is 1. The highest BCUT2D eigenvalue weighted by Crippen LogP contribution is 2.27. The van der Waals surface area contributed by atoms with Gasteiger partial charge in [0, 0.05) is 5.56 Å². The lowest BCUT2D eigenvalue weighted by Gasteiger charge is -2.11. The number of hydrogen-bond donors (Lipinski definition) is 1. The fourth-order valence-electron chi connectivity index (χ4n) is 2.20. The Balaban J connectivity index is 2.64. The van der Waals surface area contributed by atoms with Crippen LogP contribution in [0.25, 0.3) is 11.3 Å². The molecule has 1 heterocycles. The van der Waals surface area contributed by atoms with E-state index >= 15 is 0 Å². The van der Waals surface area contributed by atoms with Crippen molar-refractivity contribution in [1.82, 2.24) is 10.2 Å². The molecule has 1 aromatic carbocycles. The fourth-order valence-corrected chi connectivity index (χ4v) is 2.20. The molecule has 17 heavy (non-hydrogen) atoms. The quantitative estimate of drug-likeness (QED) is 0.814. The average Bonchev–Trinajstić information content (AvgIpc) is 2.21. The number of benzene rings is 1. The molecule has 0 aliphatic heterocycles. The normalized spacial score (nSPS) is 10.6. The molecule has 3 nitrogen and oxygen atoms in total. The maximum Gasteiger partial charge on any atom is 0.149 e. The van der Waals surface area contributed by atoms with E-state index in [2.05, 4.69) is 43.1 Å². The maximum absolute atomic E-state index is 5.69. The Hall–Kier alpha value is -1.90. The minimum atomic E-state index is 0.496. The van der Waals surface area contributed by atoms with Gasteiger partial charge in [-0.05, 0) is 50.5 Å². The molecule has 0 atom stereocenters. The molecule has 0 aliphatic rings. The van der Waals surface area contributed by atoms with Gasteiger partial charge in [-0.3, -0.25) is 0 Å². The van der Waals surface area contributed by atoms with Crippen molar-refractivity contribution in [3.05, 3.63) is 40.5 Å². The summed E-state index contributed by atoms with van der Waals surface area (Å²) in [4.78, 5) is 0. The predicted molar refractivity (Wildman–Crippen MR) is 70.8 cm³/mol.